The molecule has 0 aromatic heterocycles. The molecule has 4 amide bonds. The molecule has 7 nitrogen and oxygen atoms in total. The van der Waals surface area contributed by atoms with Crippen molar-refractivity contribution in [1.82, 2.24) is 5.32 Å². The van der Waals surface area contributed by atoms with E-state index >= 15 is 0 Å². The number of hydrogen-bond acceptors (Lipinski definition) is 5. The molecule has 2 aliphatic heterocycles. The van der Waals surface area contributed by atoms with Crippen LogP contribution in [0, 0.1) is 6.92 Å². The fourth-order valence-electron chi connectivity index (χ4n) is 4.04. The van der Waals surface area contributed by atoms with Crippen LogP contribution < -0.4 is 19.9 Å². The highest BCUT2D eigenvalue weighted by Crippen LogP contribution is 2.32. The molecule has 0 unspecified atom stereocenters. The Kier molecular flexibility index (Phi) is 6.19. The van der Waals surface area contributed by atoms with Crippen LogP contribution in [0.4, 0.5) is 16.2 Å². The summed E-state index contributed by atoms with van der Waals surface area (Å²) in [6.07, 6.45) is 4.98. The Balaban J connectivity index is 1.70. The quantitative estimate of drug-likeness (QED) is 0.551. The number of amides is 4. The first-order valence-corrected chi connectivity index (χ1v) is 10.9. The van der Waals surface area contributed by atoms with Crippen molar-refractivity contribution in [2.24, 2.45) is 0 Å². The van der Waals surface area contributed by atoms with Gasteiger partial charge in [-0.3, -0.25) is 14.9 Å². The molecule has 2 aromatic rings. The Morgan fingerprint density at radius 1 is 1.06 bits per heavy atom. The van der Waals surface area contributed by atoms with Gasteiger partial charge in [0, 0.05) is 35.4 Å². The van der Waals surface area contributed by atoms with Gasteiger partial charge < -0.3 is 9.64 Å². The van der Waals surface area contributed by atoms with E-state index in [2.05, 4.69) is 10.2 Å². The number of halogens is 1. The summed E-state index contributed by atoms with van der Waals surface area (Å²) in [7, 11) is 1.55. The molecule has 1 N–H and O–H groups in total. The van der Waals surface area contributed by atoms with E-state index in [4.69, 9.17) is 16.3 Å². The molecule has 32 heavy (non-hydrogen) atoms. The highest BCUT2D eigenvalue weighted by molar-refractivity contribution is 6.40. The smallest absolute Gasteiger partial charge is 0.335 e. The number of imide groups is 2. The van der Waals surface area contributed by atoms with Gasteiger partial charge in [-0.1, -0.05) is 17.7 Å². The van der Waals surface area contributed by atoms with Crippen LogP contribution in [0.5, 0.6) is 5.75 Å². The molecule has 166 valence electrons. The summed E-state index contributed by atoms with van der Waals surface area (Å²) in [5, 5.41) is 2.66. The largest absolute Gasteiger partial charge is 0.496 e. The normalized spacial score (nSPS) is 18.2. The second-order valence-corrected chi connectivity index (χ2v) is 8.22. The number of benzene rings is 2. The molecule has 2 aliphatic rings. The molecule has 8 heteroatoms. The van der Waals surface area contributed by atoms with E-state index in [0.29, 0.717) is 27.6 Å². The number of nitrogens with one attached hydrogen (secondary N) is 1. The minimum absolute atomic E-state index is 0.159. The summed E-state index contributed by atoms with van der Waals surface area (Å²) in [6.45, 7) is 3.68. The second kappa shape index (κ2) is 9.04. The van der Waals surface area contributed by atoms with Crippen LogP contribution >= 0.6 is 11.6 Å². The molecule has 2 heterocycles. The second-order valence-electron chi connectivity index (χ2n) is 7.82. The maximum atomic E-state index is 13.2. The number of nitrogens with zero attached hydrogens (tertiary/aromatic N) is 2. The number of carbonyl (C=O) groups excluding carboxylic acids is 3. The SMILES string of the molecule is COc1cc(N2CCCCC2)ccc1/C=C1\C(=O)NC(=O)N(c2cccc(Cl)c2C)C1=O. The van der Waals surface area contributed by atoms with E-state index in [1.807, 2.05) is 18.2 Å². The lowest BCUT2D eigenvalue weighted by Crippen LogP contribution is -2.54. The molecular formula is C24H24ClN3O4. The number of rotatable bonds is 4. The van der Waals surface area contributed by atoms with Crippen LogP contribution in [0.25, 0.3) is 6.08 Å². The summed E-state index contributed by atoms with van der Waals surface area (Å²) >= 11 is 6.17. The van der Waals surface area contributed by atoms with Gasteiger partial charge in [0.15, 0.2) is 0 Å². The summed E-state index contributed by atoms with van der Waals surface area (Å²) < 4.78 is 5.54. The molecule has 0 saturated carbocycles. The van der Waals surface area contributed by atoms with Crippen molar-refractivity contribution in [3.63, 3.8) is 0 Å². The number of urea groups is 1. The number of hydrogen-bond donors (Lipinski definition) is 1. The molecule has 0 atom stereocenters. The number of barbiturate groups is 1. The van der Waals surface area contributed by atoms with Gasteiger partial charge in [-0.15, -0.1) is 0 Å². The van der Waals surface area contributed by atoms with Crippen LogP contribution in [-0.2, 0) is 9.59 Å². The highest BCUT2D eigenvalue weighted by Gasteiger charge is 2.37. The van der Waals surface area contributed by atoms with Crippen molar-refractivity contribution in [1.29, 1.82) is 0 Å². The Hall–Kier alpha value is -3.32. The van der Waals surface area contributed by atoms with Crippen molar-refractivity contribution < 1.29 is 19.1 Å². The molecular weight excluding hydrogens is 430 g/mol. The molecule has 2 aromatic carbocycles. The third-order valence-corrected chi connectivity index (χ3v) is 6.23. The lowest BCUT2D eigenvalue weighted by Gasteiger charge is -2.29. The first-order chi connectivity index (χ1) is 15.4. The topological polar surface area (TPSA) is 79.0 Å². The van der Waals surface area contributed by atoms with Gasteiger partial charge >= 0.3 is 6.03 Å². The summed E-state index contributed by atoms with van der Waals surface area (Å²) in [5.41, 5.74) is 2.34. The summed E-state index contributed by atoms with van der Waals surface area (Å²) in [6, 6.07) is 9.80. The van der Waals surface area contributed by atoms with E-state index in [1.165, 1.54) is 12.5 Å². The number of piperidine rings is 1. The zero-order valence-electron chi connectivity index (χ0n) is 18.0. The average molecular weight is 454 g/mol. The molecule has 2 saturated heterocycles. The van der Waals surface area contributed by atoms with Crippen LogP contribution in [0.1, 0.15) is 30.4 Å². The molecule has 2 fully saturated rings. The molecule has 0 aliphatic carbocycles. The standard InChI is InChI=1S/C24H24ClN3O4/c1-15-19(25)7-6-8-20(15)28-23(30)18(22(29)26-24(28)31)13-16-9-10-17(14-21(16)32-2)27-11-4-3-5-12-27/h6-10,13-14H,3-5,11-12H2,1-2H3,(H,26,29,31)/b18-13+. The minimum atomic E-state index is -0.810. The van der Waals surface area contributed by atoms with E-state index in [1.54, 1.807) is 32.2 Å². The van der Waals surface area contributed by atoms with Gasteiger partial charge in [0.2, 0.25) is 0 Å². The predicted octanol–water partition coefficient (Wildman–Crippen LogP) is 4.31. The van der Waals surface area contributed by atoms with Crippen LogP contribution in [0.15, 0.2) is 42.0 Å². The van der Waals surface area contributed by atoms with Crippen molar-refractivity contribution in [3.05, 3.63) is 58.1 Å². The van der Waals surface area contributed by atoms with Crippen molar-refractivity contribution in [2.45, 2.75) is 26.2 Å². The van der Waals surface area contributed by atoms with E-state index in [9.17, 15) is 14.4 Å². The van der Waals surface area contributed by atoms with Gasteiger partial charge in [-0.25, -0.2) is 9.69 Å². The predicted molar refractivity (Wildman–Crippen MR) is 124 cm³/mol. The number of anilines is 2. The number of carbonyl (C=O) groups is 3. The van der Waals surface area contributed by atoms with Crippen LogP contribution in [0.2, 0.25) is 5.02 Å². The number of ether oxygens (including phenoxy) is 1. The van der Waals surface area contributed by atoms with E-state index in [-0.39, 0.29) is 5.57 Å². The van der Waals surface area contributed by atoms with Crippen LogP contribution in [0.3, 0.4) is 0 Å². The van der Waals surface area contributed by atoms with Crippen molar-refractivity contribution in [3.8, 4) is 5.75 Å². The van der Waals surface area contributed by atoms with Gasteiger partial charge in [0.25, 0.3) is 11.8 Å². The minimum Gasteiger partial charge on any atom is -0.496 e. The maximum absolute atomic E-state index is 13.2. The van der Waals surface area contributed by atoms with Gasteiger partial charge in [0.05, 0.1) is 12.8 Å². The van der Waals surface area contributed by atoms with Crippen molar-refractivity contribution in [2.75, 3.05) is 30.0 Å². The third kappa shape index (κ3) is 4.08. The molecule has 0 radical (unpaired) electrons. The fourth-order valence-corrected chi connectivity index (χ4v) is 4.21. The Morgan fingerprint density at radius 2 is 1.81 bits per heavy atom. The highest BCUT2D eigenvalue weighted by atomic mass is 35.5. The van der Waals surface area contributed by atoms with Gasteiger partial charge in [-0.2, -0.15) is 0 Å². The first kappa shape index (κ1) is 21.9. The monoisotopic (exact) mass is 453 g/mol. The van der Waals surface area contributed by atoms with Crippen molar-refractivity contribution >= 4 is 46.9 Å². The molecule has 0 spiro atoms. The van der Waals surface area contributed by atoms with E-state index in [0.717, 1.165) is 36.5 Å². The fraction of sp³-hybridized carbons (Fsp3) is 0.292. The Bertz CT molecular complexity index is 1120. The summed E-state index contributed by atoms with van der Waals surface area (Å²) in [4.78, 5) is 41.5. The van der Waals surface area contributed by atoms with E-state index < -0.39 is 17.8 Å². The Labute approximate surface area is 191 Å². The first-order valence-electron chi connectivity index (χ1n) is 10.5. The third-order valence-electron chi connectivity index (χ3n) is 5.82. The number of methoxy groups -OCH3 is 1. The zero-order valence-corrected chi connectivity index (χ0v) is 18.7. The maximum Gasteiger partial charge on any atom is 0.335 e. The zero-order chi connectivity index (χ0) is 22.8. The lowest BCUT2D eigenvalue weighted by molar-refractivity contribution is -0.122. The lowest BCUT2D eigenvalue weighted by atomic mass is 10.0. The Morgan fingerprint density at radius 3 is 2.53 bits per heavy atom. The molecule has 4 rings (SSSR count). The van der Waals surface area contributed by atoms with Gasteiger partial charge in [-0.05, 0) is 62.1 Å². The summed E-state index contributed by atoms with van der Waals surface area (Å²) in [5.74, 6) is -0.923. The molecule has 0 bridgehead atoms. The average Bonchev–Trinajstić information content (AvgIpc) is 2.80. The van der Waals surface area contributed by atoms with Crippen LogP contribution in [-0.4, -0.2) is 38.0 Å². The van der Waals surface area contributed by atoms with Gasteiger partial charge in [0.1, 0.15) is 11.3 Å².